The fourth-order valence-electron chi connectivity index (χ4n) is 3.54. The smallest absolute Gasteiger partial charge is 0.242 e. The fraction of sp³-hybridized carbons (Fsp3) is 0.462. The number of amides is 2. The van der Waals surface area contributed by atoms with Gasteiger partial charge in [-0.2, -0.15) is 0 Å². The van der Waals surface area contributed by atoms with Crippen molar-refractivity contribution in [2.24, 2.45) is 0 Å². The molecule has 2 amide bonds. The highest BCUT2D eigenvalue weighted by molar-refractivity contribution is 5.87. The number of nitrogens with zero attached hydrogens (tertiary/aromatic N) is 1. The van der Waals surface area contributed by atoms with Crippen molar-refractivity contribution < 1.29 is 9.59 Å². The molecular weight excluding hydrogens is 372 g/mol. The van der Waals surface area contributed by atoms with Crippen molar-refractivity contribution in [1.29, 1.82) is 0 Å². The summed E-state index contributed by atoms with van der Waals surface area (Å²) in [6.07, 6.45) is 1.63. The summed E-state index contributed by atoms with van der Waals surface area (Å²) < 4.78 is 0. The van der Waals surface area contributed by atoms with Crippen LogP contribution in [0.25, 0.3) is 0 Å². The van der Waals surface area contributed by atoms with E-state index < -0.39 is 6.04 Å². The first-order valence-electron chi connectivity index (χ1n) is 10.8. The van der Waals surface area contributed by atoms with Gasteiger partial charge in [-0.05, 0) is 41.9 Å². The number of hydrogen-bond donors (Lipinski definition) is 1. The summed E-state index contributed by atoms with van der Waals surface area (Å²) in [6.45, 7) is 11.0. The Labute approximate surface area is 181 Å². The normalized spacial score (nSPS) is 12.3. The Kier molecular flexibility index (Phi) is 8.22. The second-order valence-corrected chi connectivity index (χ2v) is 8.99. The van der Waals surface area contributed by atoms with Gasteiger partial charge in [0.1, 0.15) is 6.04 Å². The molecule has 2 aromatic rings. The molecule has 0 spiro atoms. The number of benzene rings is 2. The average molecular weight is 409 g/mol. The molecule has 2 aromatic carbocycles. The zero-order valence-electron chi connectivity index (χ0n) is 19.3. The average Bonchev–Trinajstić information content (AvgIpc) is 2.72. The van der Waals surface area contributed by atoms with E-state index in [1.807, 2.05) is 38.1 Å². The molecule has 0 aliphatic rings. The Morgan fingerprint density at radius 1 is 0.967 bits per heavy atom. The van der Waals surface area contributed by atoms with Crippen molar-refractivity contribution in [3.05, 3.63) is 70.8 Å². The standard InChI is InChI=1S/C26H36N2O2/c1-7-23(25(30)27-6)28(18-21-10-8-19(2)9-11-21)24(29)17-14-20-12-15-22(16-13-20)26(3,4)5/h8-13,15-16,23H,7,14,17-18H2,1-6H3,(H,27,30). The molecule has 0 radical (unpaired) electrons. The second-order valence-electron chi connectivity index (χ2n) is 8.99. The van der Waals surface area contributed by atoms with Crippen LogP contribution in [-0.4, -0.2) is 29.8 Å². The molecule has 0 fully saturated rings. The van der Waals surface area contributed by atoms with Crippen molar-refractivity contribution in [2.45, 2.75) is 71.9 Å². The van der Waals surface area contributed by atoms with Crippen molar-refractivity contribution >= 4 is 11.8 Å². The van der Waals surface area contributed by atoms with Gasteiger partial charge in [0.25, 0.3) is 0 Å². The summed E-state index contributed by atoms with van der Waals surface area (Å²) in [5.74, 6) is -0.113. The van der Waals surface area contributed by atoms with Crippen LogP contribution < -0.4 is 5.32 Å². The Bertz CT molecular complexity index is 833. The molecular formula is C26H36N2O2. The molecule has 0 aromatic heterocycles. The van der Waals surface area contributed by atoms with Crippen LogP contribution in [0.15, 0.2) is 48.5 Å². The third kappa shape index (κ3) is 6.45. The van der Waals surface area contributed by atoms with Gasteiger partial charge in [0.2, 0.25) is 11.8 Å². The summed E-state index contributed by atoms with van der Waals surface area (Å²) in [5, 5.41) is 2.71. The van der Waals surface area contributed by atoms with Crippen molar-refractivity contribution in [3.63, 3.8) is 0 Å². The van der Waals surface area contributed by atoms with Gasteiger partial charge >= 0.3 is 0 Å². The number of nitrogens with one attached hydrogen (secondary N) is 1. The van der Waals surface area contributed by atoms with Gasteiger partial charge < -0.3 is 10.2 Å². The fourth-order valence-corrected chi connectivity index (χ4v) is 3.54. The molecule has 2 rings (SSSR count). The lowest BCUT2D eigenvalue weighted by atomic mass is 9.86. The summed E-state index contributed by atoms with van der Waals surface area (Å²) in [5.41, 5.74) is 4.74. The third-order valence-electron chi connectivity index (χ3n) is 5.55. The van der Waals surface area contributed by atoms with Gasteiger partial charge in [0.05, 0.1) is 0 Å². The van der Waals surface area contributed by atoms with E-state index in [9.17, 15) is 9.59 Å². The van der Waals surface area contributed by atoms with Gasteiger partial charge in [0, 0.05) is 20.0 Å². The Hall–Kier alpha value is -2.62. The molecule has 0 saturated heterocycles. The molecule has 0 heterocycles. The van der Waals surface area contributed by atoms with E-state index in [0.29, 0.717) is 25.8 Å². The van der Waals surface area contributed by atoms with E-state index in [4.69, 9.17) is 0 Å². The molecule has 162 valence electrons. The zero-order valence-corrected chi connectivity index (χ0v) is 19.3. The quantitative estimate of drug-likeness (QED) is 0.683. The highest BCUT2D eigenvalue weighted by Gasteiger charge is 2.27. The van der Waals surface area contributed by atoms with Gasteiger partial charge in [-0.1, -0.05) is 81.8 Å². The lowest BCUT2D eigenvalue weighted by Gasteiger charge is -2.30. The van der Waals surface area contributed by atoms with Crippen LogP contribution in [0.1, 0.15) is 62.8 Å². The monoisotopic (exact) mass is 408 g/mol. The first-order chi connectivity index (χ1) is 14.2. The maximum Gasteiger partial charge on any atom is 0.242 e. The second kappa shape index (κ2) is 10.4. The van der Waals surface area contributed by atoms with Gasteiger partial charge in [0.15, 0.2) is 0 Å². The van der Waals surface area contributed by atoms with E-state index in [0.717, 1.165) is 11.1 Å². The molecule has 0 bridgehead atoms. The van der Waals surface area contributed by atoms with Gasteiger partial charge in [-0.15, -0.1) is 0 Å². The molecule has 0 aliphatic carbocycles. The molecule has 0 saturated carbocycles. The molecule has 4 heteroatoms. The number of hydrogen-bond acceptors (Lipinski definition) is 2. The molecule has 4 nitrogen and oxygen atoms in total. The SMILES string of the molecule is CCC(C(=O)NC)N(Cc1ccc(C)cc1)C(=O)CCc1ccc(C(C)(C)C)cc1. The van der Waals surface area contributed by atoms with Crippen LogP contribution >= 0.6 is 0 Å². The Balaban J connectivity index is 2.14. The van der Waals surface area contributed by atoms with Crippen molar-refractivity contribution in [3.8, 4) is 0 Å². The first kappa shape index (κ1) is 23.7. The highest BCUT2D eigenvalue weighted by atomic mass is 16.2. The predicted molar refractivity (Wildman–Crippen MR) is 123 cm³/mol. The van der Waals surface area contributed by atoms with E-state index in [-0.39, 0.29) is 17.2 Å². The topological polar surface area (TPSA) is 49.4 Å². The molecule has 1 unspecified atom stereocenters. The summed E-state index contributed by atoms with van der Waals surface area (Å²) in [4.78, 5) is 27.3. The van der Waals surface area contributed by atoms with Crippen molar-refractivity contribution in [2.75, 3.05) is 7.05 Å². The summed E-state index contributed by atoms with van der Waals surface area (Å²) in [6, 6.07) is 16.2. The number of carbonyl (C=O) groups is 2. The lowest BCUT2D eigenvalue weighted by Crippen LogP contribution is -2.48. The van der Waals surface area contributed by atoms with Crippen LogP contribution in [-0.2, 0) is 28.0 Å². The minimum Gasteiger partial charge on any atom is -0.357 e. The summed E-state index contributed by atoms with van der Waals surface area (Å²) >= 11 is 0. The lowest BCUT2D eigenvalue weighted by molar-refractivity contribution is -0.141. The van der Waals surface area contributed by atoms with Gasteiger partial charge in [-0.25, -0.2) is 0 Å². The van der Waals surface area contributed by atoms with E-state index in [1.165, 1.54) is 11.1 Å². The predicted octanol–water partition coefficient (Wildman–Crippen LogP) is 4.78. The Morgan fingerprint density at radius 2 is 1.53 bits per heavy atom. The zero-order chi connectivity index (χ0) is 22.3. The van der Waals surface area contributed by atoms with E-state index >= 15 is 0 Å². The molecule has 30 heavy (non-hydrogen) atoms. The Morgan fingerprint density at radius 3 is 2.03 bits per heavy atom. The summed E-state index contributed by atoms with van der Waals surface area (Å²) in [7, 11) is 1.62. The largest absolute Gasteiger partial charge is 0.357 e. The molecule has 1 atom stereocenters. The number of rotatable bonds is 8. The third-order valence-corrected chi connectivity index (χ3v) is 5.55. The number of carbonyl (C=O) groups excluding carboxylic acids is 2. The maximum absolute atomic E-state index is 13.2. The number of likely N-dealkylation sites (N-methyl/N-ethyl adjacent to an activating group) is 1. The van der Waals surface area contributed by atoms with E-state index in [1.54, 1.807) is 11.9 Å². The van der Waals surface area contributed by atoms with Crippen molar-refractivity contribution in [1.82, 2.24) is 10.2 Å². The van der Waals surface area contributed by atoms with E-state index in [2.05, 4.69) is 50.4 Å². The molecule has 1 N–H and O–H groups in total. The number of aryl methyl sites for hydroxylation is 2. The van der Waals surface area contributed by atoms with Crippen LogP contribution in [0.4, 0.5) is 0 Å². The molecule has 0 aliphatic heterocycles. The minimum atomic E-state index is -0.466. The van der Waals surface area contributed by atoms with Crippen LogP contribution in [0.3, 0.4) is 0 Å². The van der Waals surface area contributed by atoms with Crippen LogP contribution in [0.2, 0.25) is 0 Å². The van der Waals surface area contributed by atoms with Crippen LogP contribution in [0, 0.1) is 6.92 Å². The minimum absolute atomic E-state index is 0.00548. The first-order valence-corrected chi connectivity index (χ1v) is 10.8. The van der Waals surface area contributed by atoms with Gasteiger partial charge in [-0.3, -0.25) is 9.59 Å². The highest BCUT2D eigenvalue weighted by Crippen LogP contribution is 2.23. The maximum atomic E-state index is 13.2. The van der Waals surface area contributed by atoms with Crippen LogP contribution in [0.5, 0.6) is 0 Å².